The fraction of sp³-hybridized carbons (Fsp3) is 0.444. The molecule has 0 aromatic carbocycles. The lowest BCUT2D eigenvalue weighted by Gasteiger charge is -2.03. The smallest absolute Gasteiger partial charge is 0.340 e. The van der Waals surface area contributed by atoms with Crippen molar-refractivity contribution in [3.63, 3.8) is 0 Å². The van der Waals surface area contributed by atoms with Gasteiger partial charge in [0.2, 0.25) is 5.91 Å². The van der Waals surface area contributed by atoms with Crippen LogP contribution in [-0.2, 0) is 4.79 Å². The number of nitrogens with zero attached hydrogens (tertiary/aromatic N) is 1. The molecule has 0 radical (unpaired) electrons. The van der Waals surface area contributed by atoms with Gasteiger partial charge in [-0.3, -0.25) is 4.79 Å². The third-order valence-electron chi connectivity index (χ3n) is 1.96. The van der Waals surface area contributed by atoms with E-state index in [4.69, 9.17) is 10.8 Å². The molecule has 1 heterocycles. The molecular weight excluding hydrogens is 230 g/mol. The zero-order valence-electron chi connectivity index (χ0n) is 8.82. The molecule has 1 aromatic heterocycles. The van der Waals surface area contributed by atoms with Crippen LogP contribution in [0.3, 0.4) is 0 Å². The molecule has 0 unspecified atom stereocenters. The van der Waals surface area contributed by atoms with Gasteiger partial charge in [-0.15, -0.1) is 0 Å². The van der Waals surface area contributed by atoms with Gasteiger partial charge in [-0.2, -0.15) is 4.37 Å². The first-order valence-corrected chi connectivity index (χ1v) is 5.51. The lowest BCUT2D eigenvalue weighted by atomic mass is 10.2. The first-order chi connectivity index (χ1) is 7.52. The van der Waals surface area contributed by atoms with Gasteiger partial charge in [-0.05, 0) is 24.9 Å². The van der Waals surface area contributed by atoms with E-state index in [-0.39, 0.29) is 17.9 Å². The second kappa shape index (κ2) is 5.45. The van der Waals surface area contributed by atoms with Gasteiger partial charge < -0.3 is 16.2 Å². The third kappa shape index (κ3) is 3.20. The van der Waals surface area contributed by atoms with Crippen molar-refractivity contribution in [3.05, 3.63) is 11.3 Å². The van der Waals surface area contributed by atoms with Crippen molar-refractivity contribution in [3.8, 4) is 0 Å². The number of primary amides is 1. The van der Waals surface area contributed by atoms with Crippen LogP contribution in [0.5, 0.6) is 0 Å². The number of aromatic carboxylic acids is 1. The summed E-state index contributed by atoms with van der Waals surface area (Å²) in [6, 6.07) is 0. The molecule has 0 aliphatic carbocycles. The molecule has 0 spiro atoms. The highest BCUT2D eigenvalue weighted by Gasteiger charge is 2.16. The zero-order chi connectivity index (χ0) is 12.1. The number of aromatic nitrogens is 1. The summed E-state index contributed by atoms with van der Waals surface area (Å²) in [6.45, 7) is 2.15. The van der Waals surface area contributed by atoms with Crippen molar-refractivity contribution < 1.29 is 14.7 Å². The molecule has 88 valence electrons. The van der Waals surface area contributed by atoms with E-state index in [2.05, 4.69) is 9.69 Å². The average Bonchev–Trinajstić information content (AvgIpc) is 2.54. The monoisotopic (exact) mass is 243 g/mol. The predicted octanol–water partition coefficient (Wildman–Crippen LogP) is 0.827. The molecule has 16 heavy (non-hydrogen) atoms. The Kier molecular flexibility index (Phi) is 4.24. The van der Waals surface area contributed by atoms with Crippen molar-refractivity contribution in [2.24, 2.45) is 5.73 Å². The van der Waals surface area contributed by atoms with Gasteiger partial charge in [0.1, 0.15) is 10.6 Å². The summed E-state index contributed by atoms with van der Waals surface area (Å²) in [5, 5.41) is 12.4. The van der Waals surface area contributed by atoms with Gasteiger partial charge in [0, 0.05) is 13.0 Å². The van der Waals surface area contributed by atoms with Gasteiger partial charge in [0.05, 0.1) is 5.69 Å². The maximum Gasteiger partial charge on any atom is 0.340 e. The standard InChI is InChI=1S/C9H13N3O3S/c1-5-7(9(14)15)8(16-12-5)11-4-2-3-6(10)13/h11H,2-4H2,1H3,(H2,10,13)(H,14,15). The Balaban J connectivity index is 2.54. The summed E-state index contributed by atoms with van der Waals surface area (Å²) >= 11 is 1.11. The second-order valence-electron chi connectivity index (χ2n) is 3.27. The minimum absolute atomic E-state index is 0.198. The fourth-order valence-corrected chi connectivity index (χ4v) is 2.02. The molecule has 0 saturated carbocycles. The first kappa shape index (κ1) is 12.4. The number of rotatable bonds is 6. The first-order valence-electron chi connectivity index (χ1n) is 4.74. The van der Waals surface area contributed by atoms with Crippen molar-refractivity contribution in [1.82, 2.24) is 4.37 Å². The predicted molar refractivity (Wildman–Crippen MR) is 60.7 cm³/mol. The Labute approximate surface area is 96.6 Å². The van der Waals surface area contributed by atoms with Crippen LogP contribution in [0.2, 0.25) is 0 Å². The summed E-state index contributed by atoms with van der Waals surface area (Å²) in [7, 11) is 0. The molecule has 0 aliphatic heterocycles. The van der Waals surface area contributed by atoms with E-state index < -0.39 is 5.97 Å². The summed E-state index contributed by atoms with van der Waals surface area (Å²) < 4.78 is 3.96. The SMILES string of the molecule is Cc1nsc(NCCCC(N)=O)c1C(=O)O. The number of nitrogens with one attached hydrogen (secondary N) is 1. The second-order valence-corrected chi connectivity index (χ2v) is 4.05. The molecule has 0 atom stereocenters. The largest absolute Gasteiger partial charge is 0.478 e. The number of carbonyl (C=O) groups is 2. The molecule has 7 heteroatoms. The third-order valence-corrected chi connectivity index (χ3v) is 2.86. The number of nitrogens with two attached hydrogens (primary N) is 1. The molecule has 1 aromatic rings. The maximum atomic E-state index is 10.9. The Morgan fingerprint density at radius 3 is 2.81 bits per heavy atom. The highest BCUT2D eigenvalue weighted by Crippen LogP contribution is 2.24. The van der Waals surface area contributed by atoms with E-state index in [1.165, 1.54) is 0 Å². The number of carboxylic acids is 1. The summed E-state index contributed by atoms with van der Waals surface area (Å²) in [5.41, 5.74) is 5.68. The molecule has 1 rings (SSSR count). The highest BCUT2D eigenvalue weighted by molar-refractivity contribution is 7.10. The van der Waals surface area contributed by atoms with E-state index in [1.54, 1.807) is 6.92 Å². The van der Waals surface area contributed by atoms with E-state index in [1.807, 2.05) is 0 Å². The van der Waals surface area contributed by atoms with Gasteiger partial charge in [0.25, 0.3) is 0 Å². The van der Waals surface area contributed by atoms with Gasteiger partial charge in [0.15, 0.2) is 0 Å². The van der Waals surface area contributed by atoms with Crippen LogP contribution in [0.25, 0.3) is 0 Å². The van der Waals surface area contributed by atoms with Crippen LogP contribution in [0.15, 0.2) is 0 Å². The normalized spacial score (nSPS) is 10.1. The lowest BCUT2D eigenvalue weighted by molar-refractivity contribution is -0.118. The highest BCUT2D eigenvalue weighted by atomic mass is 32.1. The van der Waals surface area contributed by atoms with Crippen molar-refractivity contribution in [1.29, 1.82) is 0 Å². The number of anilines is 1. The lowest BCUT2D eigenvalue weighted by Crippen LogP contribution is -2.13. The van der Waals surface area contributed by atoms with Crippen LogP contribution in [0, 0.1) is 6.92 Å². The summed E-state index contributed by atoms with van der Waals surface area (Å²) in [4.78, 5) is 21.4. The minimum Gasteiger partial charge on any atom is -0.478 e. The molecule has 4 N–H and O–H groups in total. The van der Waals surface area contributed by atoms with Crippen molar-refractivity contribution >= 4 is 28.4 Å². The van der Waals surface area contributed by atoms with E-state index in [9.17, 15) is 9.59 Å². The van der Waals surface area contributed by atoms with Crippen molar-refractivity contribution in [2.45, 2.75) is 19.8 Å². The molecule has 1 amide bonds. The Hall–Kier alpha value is -1.63. The molecular formula is C9H13N3O3S. The minimum atomic E-state index is -0.997. The van der Waals surface area contributed by atoms with Crippen molar-refractivity contribution in [2.75, 3.05) is 11.9 Å². The molecule has 0 saturated heterocycles. The molecule has 0 fully saturated rings. The number of hydrogen-bond donors (Lipinski definition) is 3. The van der Waals surface area contributed by atoms with E-state index >= 15 is 0 Å². The Bertz CT molecular complexity index is 403. The fourth-order valence-electron chi connectivity index (χ4n) is 1.21. The van der Waals surface area contributed by atoms with Crippen LogP contribution in [0.4, 0.5) is 5.00 Å². The van der Waals surface area contributed by atoms with Crippen LogP contribution >= 0.6 is 11.5 Å². The quantitative estimate of drug-likeness (QED) is 0.642. The van der Waals surface area contributed by atoms with Crippen LogP contribution in [-0.4, -0.2) is 27.9 Å². The van der Waals surface area contributed by atoms with Gasteiger partial charge in [-0.25, -0.2) is 4.79 Å². The van der Waals surface area contributed by atoms with Crippen LogP contribution < -0.4 is 11.1 Å². The number of carboxylic acid groups (broad SMARTS) is 1. The van der Waals surface area contributed by atoms with Crippen LogP contribution in [0.1, 0.15) is 28.9 Å². The topological polar surface area (TPSA) is 105 Å². The van der Waals surface area contributed by atoms with E-state index in [0.717, 1.165) is 11.5 Å². The van der Waals surface area contributed by atoms with Gasteiger partial charge in [-0.1, -0.05) is 0 Å². The summed E-state index contributed by atoms with van der Waals surface area (Å²) in [5.74, 6) is -1.36. The van der Waals surface area contributed by atoms with Gasteiger partial charge >= 0.3 is 5.97 Å². The Morgan fingerprint density at radius 2 is 2.25 bits per heavy atom. The Morgan fingerprint density at radius 1 is 1.56 bits per heavy atom. The molecule has 6 nitrogen and oxygen atoms in total. The average molecular weight is 243 g/mol. The number of hydrogen-bond acceptors (Lipinski definition) is 5. The maximum absolute atomic E-state index is 10.9. The molecule has 0 bridgehead atoms. The summed E-state index contributed by atoms with van der Waals surface area (Å²) in [6.07, 6.45) is 0.860. The number of carbonyl (C=O) groups excluding carboxylic acids is 1. The van der Waals surface area contributed by atoms with E-state index in [0.29, 0.717) is 23.7 Å². The number of aryl methyl sites for hydroxylation is 1. The zero-order valence-corrected chi connectivity index (χ0v) is 9.63. The molecule has 0 aliphatic rings. The number of amides is 1.